The molecule has 1 aromatic heterocycles. The van der Waals surface area contributed by atoms with Gasteiger partial charge < -0.3 is 9.15 Å². The molecule has 0 radical (unpaired) electrons. The number of hydrogen-bond acceptors (Lipinski definition) is 5. The molecule has 1 amide bonds. The molecule has 4 aromatic rings. The Bertz CT molecular complexity index is 1190. The number of nitrogens with one attached hydrogen (secondary N) is 1. The number of nitrogens with zero attached hydrogens (tertiary/aromatic N) is 2. The Hall–Kier alpha value is -3.09. The Balaban J connectivity index is 1.62. The van der Waals surface area contributed by atoms with E-state index >= 15 is 0 Å². The number of carbonyl (C=O) groups excluding carboxylic acids is 1. The van der Waals surface area contributed by atoms with Crippen molar-refractivity contribution in [2.45, 2.75) is 0 Å². The summed E-state index contributed by atoms with van der Waals surface area (Å²) >= 11 is 12.1. The molecule has 3 aromatic carbocycles. The third kappa shape index (κ3) is 3.52. The minimum atomic E-state index is -0.431. The Morgan fingerprint density at radius 3 is 2.50 bits per heavy atom. The first-order valence-corrected chi connectivity index (χ1v) is 8.98. The number of ether oxygens (including phenoxy) is 1. The minimum Gasteiger partial charge on any atom is -0.496 e. The topological polar surface area (TPSA) is 77.2 Å². The predicted molar refractivity (Wildman–Crippen MR) is 108 cm³/mol. The van der Waals surface area contributed by atoms with E-state index < -0.39 is 5.91 Å². The molecule has 6 nitrogen and oxygen atoms in total. The number of rotatable bonds is 4. The Kier molecular flexibility index (Phi) is 4.90. The van der Waals surface area contributed by atoms with E-state index in [0.717, 1.165) is 10.8 Å². The molecule has 1 N–H and O–H groups in total. The van der Waals surface area contributed by atoms with Gasteiger partial charge in [-0.25, -0.2) is 0 Å². The van der Waals surface area contributed by atoms with Crippen LogP contribution in [-0.4, -0.2) is 23.2 Å². The van der Waals surface area contributed by atoms with Crippen molar-refractivity contribution in [1.29, 1.82) is 0 Å². The van der Waals surface area contributed by atoms with E-state index in [4.69, 9.17) is 32.4 Å². The minimum absolute atomic E-state index is 0.0544. The number of hydrogen-bond donors (Lipinski definition) is 1. The fraction of sp³-hybridized carbons (Fsp3) is 0.0500. The van der Waals surface area contributed by atoms with Crippen molar-refractivity contribution in [3.8, 4) is 17.2 Å². The lowest BCUT2D eigenvalue weighted by Gasteiger charge is -2.09. The number of methoxy groups -OCH3 is 1. The van der Waals surface area contributed by atoms with Crippen LogP contribution in [0.1, 0.15) is 10.4 Å². The van der Waals surface area contributed by atoms with Crippen molar-refractivity contribution in [3.05, 3.63) is 70.2 Å². The largest absolute Gasteiger partial charge is 0.496 e. The Morgan fingerprint density at radius 1 is 1.04 bits per heavy atom. The van der Waals surface area contributed by atoms with Crippen molar-refractivity contribution in [3.63, 3.8) is 0 Å². The number of fused-ring (bicyclic) bond motifs is 1. The first-order valence-electron chi connectivity index (χ1n) is 8.22. The SMILES string of the molecule is COc1cc2ccccc2cc1C(=O)Nc1nnc(-c2ccc(Cl)cc2Cl)o1. The van der Waals surface area contributed by atoms with Gasteiger partial charge in [0, 0.05) is 5.02 Å². The van der Waals surface area contributed by atoms with Crippen LogP contribution in [0, 0.1) is 0 Å². The average molecular weight is 414 g/mol. The zero-order valence-electron chi connectivity index (χ0n) is 14.6. The van der Waals surface area contributed by atoms with Gasteiger partial charge in [-0.2, -0.15) is 0 Å². The van der Waals surface area contributed by atoms with E-state index in [1.54, 1.807) is 30.3 Å². The van der Waals surface area contributed by atoms with Crippen LogP contribution in [0.3, 0.4) is 0 Å². The molecule has 0 atom stereocenters. The molecule has 0 aliphatic carbocycles. The van der Waals surface area contributed by atoms with Crippen molar-refractivity contribution in [2.24, 2.45) is 0 Å². The maximum atomic E-state index is 12.7. The second-order valence-corrected chi connectivity index (χ2v) is 6.73. The molecule has 1 heterocycles. The highest BCUT2D eigenvalue weighted by Crippen LogP contribution is 2.31. The molecule has 140 valence electrons. The number of amides is 1. The van der Waals surface area contributed by atoms with E-state index in [0.29, 0.717) is 26.9 Å². The number of anilines is 1. The van der Waals surface area contributed by atoms with Crippen molar-refractivity contribution < 1.29 is 13.9 Å². The van der Waals surface area contributed by atoms with Crippen molar-refractivity contribution in [1.82, 2.24) is 10.2 Å². The van der Waals surface area contributed by atoms with E-state index in [2.05, 4.69) is 15.5 Å². The fourth-order valence-electron chi connectivity index (χ4n) is 2.78. The monoisotopic (exact) mass is 413 g/mol. The summed E-state index contributed by atoms with van der Waals surface area (Å²) in [6, 6.07) is 16.1. The van der Waals surface area contributed by atoms with Gasteiger partial charge in [-0.3, -0.25) is 10.1 Å². The van der Waals surface area contributed by atoms with E-state index in [9.17, 15) is 4.79 Å². The molecule has 4 rings (SSSR count). The molecule has 0 bridgehead atoms. The highest BCUT2D eigenvalue weighted by atomic mass is 35.5. The summed E-state index contributed by atoms with van der Waals surface area (Å²) in [5.74, 6) is 0.180. The maximum absolute atomic E-state index is 12.7. The van der Waals surface area contributed by atoms with Crippen molar-refractivity contribution in [2.75, 3.05) is 12.4 Å². The van der Waals surface area contributed by atoms with E-state index in [-0.39, 0.29) is 11.9 Å². The van der Waals surface area contributed by atoms with Gasteiger partial charge in [0.2, 0.25) is 0 Å². The predicted octanol–water partition coefficient (Wildman–Crippen LogP) is 5.46. The first-order chi connectivity index (χ1) is 13.5. The quantitative estimate of drug-likeness (QED) is 0.480. The average Bonchev–Trinajstić information content (AvgIpc) is 3.14. The van der Waals surface area contributed by atoms with Crippen molar-refractivity contribution >= 4 is 45.9 Å². The highest BCUT2D eigenvalue weighted by Gasteiger charge is 2.18. The summed E-state index contributed by atoms with van der Waals surface area (Å²) in [5, 5.41) is 13.1. The van der Waals surface area contributed by atoms with Gasteiger partial charge in [0.15, 0.2) is 0 Å². The van der Waals surface area contributed by atoms with Crippen LogP contribution in [-0.2, 0) is 0 Å². The Labute approximate surface area is 170 Å². The van der Waals surface area contributed by atoms with E-state index in [1.807, 2.05) is 24.3 Å². The van der Waals surface area contributed by atoms with Gasteiger partial charge in [-0.05, 0) is 41.1 Å². The normalized spacial score (nSPS) is 10.8. The van der Waals surface area contributed by atoms with Gasteiger partial charge >= 0.3 is 6.01 Å². The smallest absolute Gasteiger partial charge is 0.322 e. The zero-order valence-corrected chi connectivity index (χ0v) is 16.1. The molecular weight excluding hydrogens is 401 g/mol. The second-order valence-electron chi connectivity index (χ2n) is 5.89. The number of halogens is 2. The molecule has 28 heavy (non-hydrogen) atoms. The third-order valence-corrected chi connectivity index (χ3v) is 4.67. The Morgan fingerprint density at radius 2 is 1.79 bits per heavy atom. The van der Waals surface area contributed by atoms with Crippen LogP contribution in [0.4, 0.5) is 6.01 Å². The maximum Gasteiger partial charge on any atom is 0.322 e. The molecule has 0 saturated heterocycles. The number of carbonyl (C=O) groups is 1. The van der Waals surface area contributed by atoms with Crippen LogP contribution in [0.5, 0.6) is 5.75 Å². The summed E-state index contributed by atoms with van der Waals surface area (Å²) in [4.78, 5) is 12.7. The lowest BCUT2D eigenvalue weighted by molar-refractivity contribution is 0.102. The van der Waals surface area contributed by atoms with Gasteiger partial charge in [0.05, 0.1) is 23.3 Å². The van der Waals surface area contributed by atoms with Gasteiger partial charge in [0.1, 0.15) is 5.75 Å². The molecule has 8 heteroatoms. The molecule has 0 aliphatic heterocycles. The van der Waals surface area contributed by atoms with Gasteiger partial charge in [-0.15, -0.1) is 5.10 Å². The molecule has 0 fully saturated rings. The lowest BCUT2D eigenvalue weighted by atomic mass is 10.1. The molecule has 0 spiro atoms. The summed E-state index contributed by atoms with van der Waals surface area (Å²) in [6.07, 6.45) is 0. The number of aromatic nitrogens is 2. The second kappa shape index (κ2) is 7.50. The molecular formula is C20H13Cl2N3O3. The molecule has 0 saturated carbocycles. The fourth-order valence-corrected chi connectivity index (χ4v) is 3.27. The highest BCUT2D eigenvalue weighted by molar-refractivity contribution is 6.36. The lowest BCUT2D eigenvalue weighted by Crippen LogP contribution is -2.13. The van der Waals surface area contributed by atoms with Crippen LogP contribution < -0.4 is 10.1 Å². The van der Waals surface area contributed by atoms with Crippen LogP contribution >= 0.6 is 23.2 Å². The standard InChI is InChI=1S/C20H13Cl2N3O3/c1-27-17-9-12-5-3-2-4-11(12)8-15(17)18(26)23-20-25-24-19(28-20)14-7-6-13(21)10-16(14)22/h2-10H,1H3,(H,23,25,26). The van der Waals surface area contributed by atoms with Gasteiger partial charge in [-0.1, -0.05) is 52.6 Å². The summed E-state index contributed by atoms with van der Waals surface area (Å²) < 4.78 is 10.9. The molecule has 0 aliphatic rings. The van der Waals surface area contributed by atoms with Crippen LogP contribution in [0.15, 0.2) is 59.0 Å². The van der Waals surface area contributed by atoms with Crippen LogP contribution in [0.2, 0.25) is 10.0 Å². The van der Waals surface area contributed by atoms with Crippen LogP contribution in [0.25, 0.3) is 22.2 Å². The molecule has 0 unspecified atom stereocenters. The summed E-state index contributed by atoms with van der Waals surface area (Å²) in [5.41, 5.74) is 0.868. The van der Waals surface area contributed by atoms with Gasteiger partial charge in [0.25, 0.3) is 11.8 Å². The first kappa shape index (κ1) is 18.3. The van der Waals surface area contributed by atoms with E-state index in [1.165, 1.54) is 7.11 Å². The summed E-state index contributed by atoms with van der Waals surface area (Å²) in [7, 11) is 1.51. The zero-order chi connectivity index (χ0) is 19.7. The number of benzene rings is 3. The summed E-state index contributed by atoms with van der Waals surface area (Å²) in [6.45, 7) is 0. The third-order valence-electron chi connectivity index (χ3n) is 4.12.